The number of hydrogen-bond acceptors (Lipinski definition) is 6. The van der Waals surface area contributed by atoms with Crippen LogP contribution in [0.1, 0.15) is 15.9 Å². The van der Waals surface area contributed by atoms with Crippen LogP contribution in [0.4, 0.5) is 0 Å². The number of nitrogens with one attached hydrogen (secondary N) is 1. The number of hydrogen-bond donors (Lipinski definition) is 1. The largest absolute Gasteiger partial charge is 0.496 e. The summed E-state index contributed by atoms with van der Waals surface area (Å²) in [6.07, 6.45) is 1.54. The summed E-state index contributed by atoms with van der Waals surface area (Å²) < 4.78 is 17.1. The van der Waals surface area contributed by atoms with Gasteiger partial charge in [-0.15, -0.1) is 0 Å². The van der Waals surface area contributed by atoms with Crippen molar-refractivity contribution in [3.63, 3.8) is 0 Å². The highest BCUT2D eigenvalue weighted by Gasteiger charge is 2.14. The third kappa shape index (κ3) is 5.85. The second-order valence-corrected chi connectivity index (χ2v) is 8.60. The van der Waals surface area contributed by atoms with Gasteiger partial charge >= 0.3 is 5.97 Å². The van der Waals surface area contributed by atoms with Gasteiger partial charge in [-0.25, -0.2) is 10.2 Å². The van der Waals surface area contributed by atoms with E-state index in [1.165, 1.54) is 14.2 Å². The first kappa shape index (κ1) is 23.3. The van der Waals surface area contributed by atoms with Crippen LogP contribution in [0.3, 0.4) is 0 Å². The van der Waals surface area contributed by atoms with E-state index in [2.05, 4.69) is 60.4 Å². The van der Waals surface area contributed by atoms with Crippen LogP contribution in [-0.2, 0) is 9.53 Å². The lowest BCUT2D eigenvalue weighted by atomic mass is 10.1. The number of carbonyl (C=O) groups excluding carboxylic acids is 2. The van der Waals surface area contributed by atoms with E-state index in [0.717, 1.165) is 23.5 Å². The highest BCUT2D eigenvalue weighted by molar-refractivity contribution is 14.1. The van der Waals surface area contributed by atoms with Crippen molar-refractivity contribution in [1.29, 1.82) is 0 Å². The highest BCUT2D eigenvalue weighted by atomic mass is 127. The molecule has 0 saturated heterocycles. The Hall–Kier alpha value is -2.41. The molecular weight excluding hydrogens is 626 g/mol. The van der Waals surface area contributed by atoms with Gasteiger partial charge in [-0.3, -0.25) is 4.79 Å². The van der Waals surface area contributed by atoms with Crippen molar-refractivity contribution in [2.24, 2.45) is 5.10 Å². The molecule has 7 nitrogen and oxygen atoms in total. The van der Waals surface area contributed by atoms with Crippen molar-refractivity contribution in [2.45, 2.75) is 0 Å². The second-order valence-electron chi connectivity index (χ2n) is 6.28. The smallest absolute Gasteiger partial charge is 0.343 e. The average molecular weight is 644 g/mol. The SMILES string of the molecule is COC(=O)COc1c(I)cc(/C=N\NC(=O)c2cc3ccccc3cc2OC)cc1I. The molecule has 160 valence electrons. The number of benzene rings is 3. The molecule has 0 atom stereocenters. The summed E-state index contributed by atoms with van der Waals surface area (Å²) in [5.74, 6) is 0.238. The molecular formula is C22H18I2N2O5. The Labute approximate surface area is 206 Å². The Bertz CT molecular complexity index is 1140. The molecule has 0 unspecified atom stereocenters. The molecule has 0 aliphatic heterocycles. The summed E-state index contributed by atoms with van der Waals surface area (Å²) in [4.78, 5) is 23.9. The minimum Gasteiger partial charge on any atom is -0.496 e. The molecule has 1 N–H and O–H groups in total. The van der Waals surface area contributed by atoms with Crippen LogP contribution < -0.4 is 14.9 Å². The van der Waals surface area contributed by atoms with Gasteiger partial charge in [0.15, 0.2) is 6.61 Å². The lowest BCUT2D eigenvalue weighted by Gasteiger charge is -2.10. The Morgan fingerprint density at radius 2 is 1.68 bits per heavy atom. The van der Waals surface area contributed by atoms with Crippen LogP contribution in [0, 0.1) is 7.14 Å². The number of fused-ring (bicyclic) bond motifs is 1. The molecule has 0 fully saturated rings. The second kappa shape index (κ2) is 10.8. The number of methoxy groups -OCH3 is 2. The van der Waals surface area contributed by atoms with Gasteiger partial charge in [0.25, 0.3) is 5.91 Å². The number of nitrogens with zero attached hydrogens (tertiary/aromatic N) is 1. The Balaban J connectivity index is 1.74. The van der Waals surface area contributed by atoms with Gasteiger partial charge in [-0.1, -0.05) is 24.3 Å². The quantitative estimate of drug-likeness (QED) is 0.179. The molecule has 3 aromatic rings. The van der Waals surface area contributed by atoms with Crippen LogP contribution >= 0.6 is 45.2 Å². The fourth-order valence-electron chi connectivity index (χ4n) is 2.77. The van der Waals surface area contributed by atoms with Crippen molar-refractivity contribution in [3.05, 3.63) is 66.8 Å². The molecule has 0 spiro atoms. The Morgan fingerprint density at radius 1 is 1.03 bits per heavy atom. The maximum Gasteiger partial charge on any atom is 0.343 e. The molecule has 0 aliphatic rings. The zero-order valence-electron chi connectivity index (χ0n) is 16.6. The number of rotatable bonds is 7. The summed E-state index contributed by atoms with van der Waals surface area (Å²) in [5, 5.41) is 5.99. The van der Waals surface area contributed by atoms with Gasteiger partial charge in [0.1, 0.15) is 11.5 Å². The average Bonchev–Trinajstić information content (AvgIpc) is 2.77. The first-order valence-corrected chi connectivity index (χ1v) is 11.2. The van der Waals surface area contributed by atoms with Crippen molar-refractivity contribution < 1.29 is 23.8 Å². The summed E-state index contributed by atoms with van der Waals surface area (Å²) in [6, 6.07) is 15.0. The van der Waals surface area contributed by atoms with Crippen molar-refractivity contribution in [2.75, 3.05) is 20.8 Å². The molecule has 0 heterocycles. The first-order valence-electron chi connectivity index (χ1n) is 9.01. The van der Waals surface area contributed by atoms with Gasteiger partial charge in [0.05, 0.1) is 33.1 Å². The van der Waals surface area contributed by atoms with E-state index in [9.17, 15) is 9.59 Å². The maximum absolute atomic E-state index is 12.7. The van der Waals surface area contributed by atoms with Crippen LogP contribution in [0.2, 0.25) is 0 Å². The number of carbonyl (C=O) groups is 2. The van der Waals surface area contributed by atoms with E-state index in [1.54, 1.807) is 12.3 Å². The number of esters is 1. The van der Waals surface area contributed by atoms with E-state index in [-0.39, 0.29) is 12.5 Å². The summed E-state index contributed by atoms with van der Waals surface area (Å²) in [5.41, 5.74) is 3.71. The van der Waals surface area contributed by atoms with E-state index >= 15 is 0 Å². The van der Waals surface area contributed by atoms with Gasteiger partial charge in [0.2, 0.25) is 0 Å². The van der Waals surface area contributed by atoms with Crippen molar-refractivity contribution in [3.8, 4) is 11.5 Å². The van der Waals surface area contributed by atoms with Gasteiger partial charge in [0, 0.05) is 0 Å². The van der Waals surface area contributed by atoms with E-state index in [4.69, 9.17) is 9.47 Å². The zero-order valence-corrected chi connectivity index (χ0v) is 21.0. The molecule has 0 bridgehead atoms. The van der Waals surface area contributed by atoms with Crippen molar-refractivity contribution in [1.82, 2.24) is 5.43 Å². The van der Waals surface area contributed by atoms with Crippen LogP contribution in [-0.4, -0.2) is 38.9 Å². The number of amides is 1. The molecule has 0 radical (unpaired) electrons. The van der Waals surface area contributed by atoms with Crippen LogP contribution in [0.15, 0.2) is 53.6 Å². The third-order valence-electron chi connectivity index (χ3n) is 4.27. The predicted octanol–water partition coefficient (Wildman–Crippen LogP) is 4.37. The van der Waals surface area contributed by atoms with Crippen LogP contribution in [0.25, 0.3) is 10.8 Å². The minimum atomic E-state index is -0.455. The normalized spacial score (nSPS) is 10.8. The van der Waals surface area contributed by atoms with Gasteiger partial charge in [-0.2, -0.15) is 5.10 Å². The van der Waals surface area contributed by atoms with Gasteiger partial charge in [-0.05, 0) is 85.8 Å². The molecule has 1 amide bonds. The van der Waals surface area contributed by atoms with E-state index < -0.39 is 5.97 Å². The zero-order chi connectivity index (χ0) is 22.4. The summed E-state index contributed by atoms with van der Waals surface area (Å²) in [7, 11) is 2.83. The van der Waals surface area contributed by atoms with E-state index in [0.29, 0.717) is 17.1 Å². The fourth-order valence-corrected chi connectivity index (χ4v) is 4.90. The van der Waals surface area contributed by atoms with Crippen molar-refractivity contribution >= 4 is 74.0 Å². The topological polar surface area (TPSA) is 86.2 Å². The lowest BCUT2D eigenvalue weighted by molar-refractivity contribution is -0.142. The number of halogens is 2. The van der Waals surface area contributed by atoms with E-state index in [1.807, 2.05) is 42.5 Å². The number of ether oxygens (including phenoxy) is 3. The molecule has 3 rings (SSSR count). The molecule has 0 aromatic heterocycles. The summed E-state index contributed by atoms with van der Waals surface area (Å²) in [6.45, 7) is -0.167. The maximum atomic E-state index is 12.7. The monoisotopic (exact) mass is 644 g/mol. The molecule has 9 heteroatoms. The Morgan fingerprint density at radius 3 is 2.29 bits per heavy atom. The molecule has 0 saturated carbocycles. The minimum absolute atomic E-state index is 0.167. The first-order chi connectivity index (χ1) is 14.9. The summed E-state index contributed by atoms with van der Waals surface area (Å²) >= 11 is 4.23. The Kier molecular flexibility index (Phi) is 8.07. The third-order valence-corrected chi connectivity index (χ3v) is 5.88. The molecule has 31 heavy (non-hydrogen) atoms. The fraction of sp³-hybridized carbons (Fsp3) is 0.136. The lowest BCUT2D eigenvalue weighted by Crippen LogP contribution is -2.18. The van der Waals surface area contributed by atoms with Crippen LogP contribution in [0.5, 0.6) is 11.5 Å². The predicted molar refractivity (Wildman–Crippen MR) is 135 cm³/mol. The molecule has 0 aliphatic carbocycles. The standard InChI is InChI=1S/C22H18I2N2O5/c1-29-19-10-15-6-4-3-5-14(15)9-16(19)22(28)26-25-11-13-7-17(23)21(18(24)8-13)31-12-20(27)30-2/h3-11H,12H2,1-2H3,(H,26,28)/b25-11-. The van der Waals surface area contributed by atoms with Gasteiger partial charge < -0.3 is 14.2 Å². The molecule has 3 aromatic carbocycles. The number of hydrazone groups is 1. The highest BCUT2D eigenvalue weighted by Crippen LogP contribution is 2.29.